The maximum atomic E-state index is 12.8. The molecule has 0 saturated carbocycles. The van der Waals surface area contributed by atoms with Crippen molar-refractivity contribution in [2.45, 2.75) is 20.0 Å². The molecule has 4 rings (SSSR count). The summed E-state index contributed by atoms with van der Waals surface area (Å²) < 4.78 is 1.78. The molecule has 5 nitrogen and oxygen atoms in total. The lowest BCUT2D eigenvalue weighted by Gasteiger charge is -2.34. The Morgan fingerprint density at radius 1 is 1.11 bits per heavy atom. The number of hydrogen-bond donors (Lipinski definition) is 0. The first-order chi connectivity index (χ1) is 13.6. The second-order valence-electron chi connectivity index (χ2n) is 7.23. The van der Waals surface area contributed by atoms with E-state index in [1.807, 2.05) is 16.3 Å². The van der Waals surface area contributed by atoms with Crippen LogP contribution in [0.3, 0.4) is 0 Å². The number of rotatable bonds is 5. The summed E-state index contributed by atoms with van der Waals surface area (Å²) >= 11 is 7.41. The Labute approximate surface area is 174 Å². The van der Waals surface area contributed by atoms with E-state index >= 15 is 0 Å². The molecule has 1 fully saturated rings. The van der Waals surface area contributed by atoms with Crippen LogP contribution in [-0.2, 0) is 13.1 Å². The first-order valence-electron chi connectivity index (χ1n) is 9.39. The van der Waals surface area contributed by atoms with Crippen molar-refractivity contribution in [1.82, 2.24) is 19.6 Å². The van der Waals surface area contributed by atoms with Gasteiger partial charge in [-0.3, -0.25) is 14.4 Å². The van der Waals surface area contributed by atoms with E-state index in [1.165, 1.54) is 22.5 Å². The van der Waals surface area contributed by atoms with Gasteiger partial charge in [0, 0.05) is 38.9 Å². The van der Waals surface area contributed by atoms with Crippen LogP contribution in [0.15, 0.2) is 48.1 Å². The van der Waals surface area contributed by atoms with Gasteiger partial charge in [0.05, 0.1) is 22.6 Å². The number of halogens is 1. The molecule has 1 aromatic carbocycles. The number of benzene rings is 1. The fourth-order valence-corrected chi connectivity index (χ4v) is 4.43. The van der Waals surface area contributed by atoms with E-state index in [4.69, 9.17) is 11.6 Å². The number of piperazine rings is 1. The smallest absolute Gasteiger partial charge is 0.264 e. The van der Waals surface area contributed by atoms with Crippen LogP contribution in [0.4, 0.5) is 0 Å². The van der Waals surface area contributed by atoms with Crippen molar-refractivity contribution in [3.63, 3.8) is 0 Å². The lowest BCUT2D eigenvalue weighted by atomic mass is 10.1. The predicted octanol–water partition coefficient (Wildman–Crippen LogP) is 3.91. The third-order valence-electron chi connectivity index (χ3n) is 5.00. The van der Waals surface area contributed by atoms with Gasteiger partial charge in [-0.25, -0.2) is 0 Å². The van der Waals surface area contributed by atoms with Gasteiger partial charge in [0.15, 0.2) is 0 Å². The summed E-state index contributed by atoms with van der Waals surface area (Å²) in [5.74, 6) is 0.129. The van der Waals surface area contributed by atoms with E-state index in [-0.39, 0.29) is 5.91 Å². The van der Waals surface area contributed by atoms with Crippen molar-refractivity contribution in [1.29, 1.82) is 0 Å². The molecule has 1 aliphatic heterocycles. The summed E-state index contributed by atoms with van der Waals surface area (Å²) in [6, 6.07) is 10.7. The van der Waals surface area contributed by atoms with Gasteiger partial charge in [-0.2, -0.15) is 5.10 Å². The molecule has 2 aromatic heterocycles. The Kier molecular flexibility index (Phi) is 5.80. The first kappa shape index (κ1) is 19.2. The van der Waals surface area contributed by atoms with Crippen LogP contribution < -0.4 is 0 Å². The number of carbonyl (C=O) groups is 1. The quantitative estimate of drug-likeness (QED) is 0.635. The van der Waals surface area contributed by atoms with Crippen molar-refractivity contribution in [3.05, 3.63) is 74.7 Å². The highest BCUT2D eigenvalue weighted by atomic mass is 35.5. The third-order valence-corrected chi connectivity index (χ3v) is 6.16. The standard InChI is InChI=1S/C21H23ClN4OS/c1-16-2-4-17(5-3-16)12-24-6-8-25(9-7-24)21(27)20-10-18(15-28-20)13-26-14-19(22)11-23-26/h2-5,10-11,14-15H,6-9,12-13H2,1H3. The summed E-state index contributed by atoms with van der Waals surface area (Å²) in [4.78, 5) is 18.0. The maximum absolute atomic E-state index is 12.8. The van der Waals surface area contributed by atoms with Gasteiger partial charge in [0.2, 0.25) is 0 Å². The Morgan fingerprint density at radius 2 is 1.86 bits per heavy atom. The molecule has 0 atom stereocenters. The molecule has 0 aliphatic carbocycles. The zero-order chi connectivity index (χ0) is 19.5. The molecule has 28 heavy (non-hydrogen) atoms. The van der Waals surface area contributed by atoms with Crippen LogP contribution in [0.25, 0.3) is 0 Å². The number of hydrogen-bond acceptors (Lipinski definition) is 4. The SMILES string of the molecule is Cc1ccc(CN2CCN(C(=O)c3cc(Cn4cc(Cl)cn4)cs3)CC2)cc1. The Balaban J connectivity index is 1.30. The van der Waals surface area contributed by atoms with Crippen LogP contribution in [-0.4, -0.2) is 51.7 Å². The topological polar surface area (TPSA) is 41.4 Å². The lowest BCUT2D eigenvalue weighted by molar-refractivity contribution is 0.0633. The molecule has 0 radical (unpaired) electrons. The van der Waals surface area contributed by atoms with Gasteiger partial charge in [-0.15, -0.1) is 11.3 Å². The monoisotopic (exact) mass is 414 g/mol. The van der Waals surface area contributed by atoms with Gasteiger partial charge in [-0.1, -0.05) is 41.4 Å². The minimum Gasteiger partial charge on any atom is -0.335 e. The first-order valence-corrected chi connectivity index (χ1v) is 10.6. The average molecular weight is 415 g/mol. The minimum atomic E-state index is 0.129. The second-order valence-corrected chi connectivity index (χ2v) is 8.58. The van der Waals surface area contributed by atoms with Gasteiger partial charge in [-0.05, 0) is 29.5 Å². The highest BCUT2D eigenvalue weighted by Gasteiger charge is 2.23. The van der Waals surface area contributed by atoms with Crippen molar-refractivity contribution in [3.8, 4) is 0 Å². The van der Waals surface area contributed by atoms with Crippen LogP contribution in [0.1, 0.15) is 26.4 Å². The fourth-order valence-electron chi connectivity index (χ4n) is 3.40. The van der Waals surface area contributed by atoms with Gasteiger partial charge in [0.1, 0.15) is 0 Å². The van der Waals surface area contributed by atoms with E-state index in [2.05, 4.69) is 41.2 Å². The van der Waals surface area contributed by atoms with E-state index in [1.54, 1.807) is 17.1 Å². The number of aryl methyl sites for hydroxylation is 1. The summed E-state index contributed by atoms with van der Waals surface area (Å²) in [5, 5.41) is 6.84. The lowest BCUT2D eigenvalue weighted by Crippen LogP contribution is -2.48. The number of aromatic nitrogens is 2. The highest BCUT2D eigenvalue weighted by molar-refractivity contribution is 7.12. The molecule has 1 saturated heterocycles. The van der Waals surface area contributed by atoms with Crippen molar-refractivity contribution >= 4 is 28.8 Å². The molecule has 7 heteroatoms. The molecular weight excluding hydrogens is 392 g/mol. The van der Waals surface area contributed by atoms with E-state index in [0.717, 1.165) is 43.2 Å². The number of carbonyl (C=O) groups excluding carboxylic acids is 1. The van der Waals surface area contributed by atoms with Gasteiger partial charge >= 0.3 is 0 Å². The second kappa shape index (κ2) is 8.47. The number of thiophene rings is 1. The molecule has 0 N–H and O–H groups in total. The van der Waals surface area contributed by atoms with E-state index < -0.39 is 0 Å². The molecule has 1 aliphatic rings. The van der Waals surface area contributed by atoms with Crippen LogP contribution in [0.5, 0.6) is 0 Å². The Hall–Kier alpha value is -2.15. The molecule has 0 unspecified atom stereocenters. The van der Waals surface area contributed by atoms with E-state index in [9.17, 15) is 4.79 Å². The molecule has 3 aromatic rings. The van der Waals surface area contributed by atoms with Gasteiger partial charge in [0.25, 0.3) is 5.91 Å². The molecule has 0 bridgehead atoms. The predicted molar refractivity (Wildman–Crippen MR) is 113 cm³/mol. The number of nitrogens with zero attached hydrogens (tertiary/aromatic N) is 4. The highest BCUT2D eigenvalue weighted by Crippen LogP contribution is 2.20. The third kappa shape index (κ3) is 4.63. The molecular formula is C21H23ClN4OS. The van der Waals surface area contributed by atoms with E-state index in [0.29, 0.717) is 11.6 Å². The molecule has 3 heterocycles. The minimum absolute atomic E-state index is 0.129. The molecule has 1 amide bonds. The Morgan fingerprint density at radius 3 is 2.54 bits per heavy atom. The zero-order valence-corrected chi connectivity index (χ0v) is 17.4. The summed E-state index contributed by atoms with van der Waals surface area (Å²) in [6.45, 7) is 7.03. The van der Waals surface area contributed by atoms with Crippen LogP contribution in [0.2, 0.25) is 5.02 Å². The molecule has 146 valence electrons. The van der Waals surface area contributed by atoms with Crippen LogP contribution in [0, 0.1) is 6.92 Å². The van der Waals surface area contributed by atoms with Crippen molar-refractivity contribution < 1.29 is 4.79 Å². The normalized spacial score (nSPS) is 15.1. The maximum Gasteiger partial charge on any atom is 0.264 e. The van der Waals surface area contributed by atoms with Crippen LogP contribution >= 0.6 is 22.9 Å². The largest absolute Gasteiger partial charge is 0.335 e. The Bertz CT molecular complexity index is 941. The van der Waals surface area contributed by atoms with Crippen molar-refractivity contribution in [2.24, 2.45) is 0 Å². The molecule has 0 spiro atoms. The van der Waals surface area contributed by atoms with Crippen molar-refractivity contribution in [2.75, 3.05) is 26.2 Å². The zero-order valence-electron chi connectivity index (χ0n) is 15.8. The van der Waals surface area contributed by atoms with Gasteiger partial charge < -0.3 is 4.90 Å². The summed E-state index contributed by atoms with van der Waals surface area (Å²) in [6.07, 6.45) is 3.41. The average Bonchev–Trinajstić information content (AvgIpc) is 3.33. The number of amides is 1. The summed E-state index contributed by atoms with van der Waals surface area (Å²) in [7, 11) is 0. The fraction of sp³-hybridized carbons (Fsp3) is 0.333. The summed E-state index contributed by atoms with van der Waals surface area (Å²) in [5.41, 5.74) is 3.68.